The molecule has 0 amide bonds. The number of carbonyl (C=O) groups is 1. The third-order valence-corrected chi connectivity index (χ3v) is 12.2. The third kappa shape index (κ3) is 3.69. The van der Waals surface area contributed by atoms with Crippen LogP contribution in [-0.2, 0) is 4.79 Å². The zero-order valence-electron chi connectivity index (χ0n) is 22.0. The summed E-state index contributed by atoms with van der Waals surface area (Å²) in [7, 11) is 0. The van der Waals surface area contributed by atoms with Crippen molar-refractivity contribution in [2.75, 3.05) is 0 Å². The van der Waals surface area contributed by atoms with Crippen LogP contribution < -0.4 is 0 Å². The Balaban J connectivity index is 1.41. The molecule has 0 aromatic rings. The van der Waals surface area contributed by atoms with Gasteiger partial charge in [0.25, 0.3) is 0 Å². The molecule has 0 aliphatic heterocycles. The first kappa shape index (κ1) is 24.3. The van der Waals surface area contributed by atoms with E-state index >= 15 is 0 Å². The number of ketones is 1. The summed E-state index contributed by atoms with van der Waals surface area (Å²) < 4.78 is 0. The summed E-state index contributed by atoms with van der Waals surface area (Å²) in [5.41, 5.74) is -0.425. The van der Waals surface area contributed by atoms with E-state index in [1.54, 1.807) is 0 Å². The normalized spacial score (nSPS) is 52.2. The largest absolute Gasteiger partial charge is 0.393 e. The highest BCUT2D eigenvalue weighted by atomic mass is 16.3. The molecule has 33 heavy (non-hydrogen) atoms. The fraction of sp³-hybridized carbons (Fsp3) is 0.967. The van der Waals surface area contributed by atoms with E-state index in [1.165, 1.54) is 44.9 Å². The SMILES string of the molecule is CC(C)CCC[C@@H](C)[C@H]1CC[C@H]2[C@@H]3C[C@]4(O)CC(=O)C[C@H]5[C@@H](O)CC[C@](C)([C@H]3CC[C@]12C)[C@@H]54. The molecule has 188 valence electrons. The lowest BCUT2D eigenvalue weighted by atomic mass is 9.38. The van der Waals surface area contributed by atoms with Gasteiger partial charge in [-0.2, -0.15) is 0 Å². The maximum absolute atomic E-state index is 12.7. The maximum Gasteiger partial charge on any atom is 0.136 e. The van der Waals surface area contributed by atoms with Crippen molar-refractivity contribution >= 4 is 5.78 Å². The molecule has 11 atom stereocenters. The number of hydrogen-bond acceptors (Lipinski definition) is 3. The van der Waals surface area contributed by atoms with Gasteiger partial charge < -0.3 is 10.2 Å². The summed E-state index contributed by atoms with van der Waals surface area (Å²) in [6, 6.07) is 0. The van der Waals surface area contributed by atoms with Crippen LogP contribution in [-0.4, -0.2) is 27.7 Å². The molecular formula is C30H50O3. The van der Waals surface area contributed by atoms with Crippen LogP contribution in [0, 0.1) is 58.2 Å². The predicted molar refractivity (Wildman–Crippen MR) is 133 cm³/mol. The highest BCUT2D eigenvalue weighted by Gasteiger charge is 2.69. The summed E-state index contributed by atoms with van der Waals surface area (Å²) in [6.45, 7) is 12.2. The quantitative estimate of drug-likeness (QED) is 0.501. The van der Waals surface area contributed by atoms with Crippen LogP contribution in [0.3, 0.4) is 0 Å². The van der Waals surface area contributed by atoms with Crippen molar-refractivity contribution in [3.63, 3.8) is 0 Å². The van der Waals surface area contributed by atoms with E-state index in [9.17, 15) is 15.0 Å². The molecular weight excluding hydrogens is 408 g/mol. The van der Waals surface area contributed by atoms with Crippen LogP contribution in [0.5, 0.6) is 0 Å². The van der Waals surface area contributed by atoms with Gasteiger partial charge in [-0.15, -0.1) is 0 Å². The van der Waals surface area contributed by atoms with E-state index in [4.69, 9.17) is 0 Å². The molecule has 5 rings (SSSR count). The Morgan fingerprint density at radius 3 is 2.36 bits per heavy atom. The van der Waals surface area contributed by atoms with Gasteiger partial charge in [-0.3, -0.25) is 4.79 Å². The molecule has 0 aromatic heterocycles. The minimum Gasteiger partial charge on any atom is -0.393 e. The second-order valence-corrected chi connectivity index (χ2v) is 14.4. The smallest absolute Gasteiger partial charge is 0.136 e. The molecule has 5 aliphatic carbocycles. The van der Waals surface area contributed by atoms with Gasteiger partial charge in [0, 0.05) is 12.8 Å². The van der Waals surface area contributed by atoms with Crippen molar-refractivity contribution in [3.8, 4) is 0 Å². The molecule has 3 nitrogen and oxygen atoms in total. The standard InChI is InChI=1S/C30H50O3/c1-18(2)7-6-8-19(3)23-9-10-24-22-17-30(33)16-20(31)15-21-26(32)12-14-29(5,27(21)30)25(22)11-13-28(23,24)4/h18-19,21-27,32-33H,6-17H2,1-5H3/t19-,21+,22+,23-,24+,25+,26+,27-,28-,29-,30-/m1/s1. The number of aliphatic hydroxyl groups is 2. The van der Waals surface area contributed by atoms with Crippen molar-refractivity contribution in [1.82, 2.24) is 0 Å². The lowest BCUT2D eigenvalue weighted by Gasteiger charge is -2.68. The number of rotatable bonds is 5. The van der Waals surface area contributed by atoms with E-state index in [2.05, 4.69) is 34.6 Å². The Hall–Kier alpha value is -0.410. The molecule has 5 aliphatic rings. The van der Waals surface area contributed by atoms with E-state index in [0.717, 1.165) is 37.0 Å². The number of fused-ring (bicyclic) bond motifs is 4. The predicted octanol–water partition coefficient (Wildman–Crippen LogP) is 6.40. The minimum absolute atomic E-state index is 0.0263. The number of carbonyl (C=O) groups excluding carboxylic acids is 1. The Bertz CT molecular complexity index is 762. The van der Waals surface area contributed by atoms with E-state index in [-0.39, 0.29) is 23.0 Å². The molecule has 3 heteroatoms. The second kappa shape index (κ2) is 8.32. The first-order chi connectivity index (χ1) is 15.5. The Morgan fingerprint density at radius 1 is 0.939 bits per heavy atom. The molecule has 0 radical (unpaired) electrons. The summed E-state index contributed by atoms with van der Waals surface area (Å²) in [6.07, 6.45) is 12.4. The van der Waals surface area contributed by atoms with Crippen LogP contribution in [0.4, 0.5) is 0 Å². The Kier molecular flexibility index (Phi) is 6.13. The van der Waals surface area contributed by atoms with Crippen LogP contribution >= 0.6 is 0 Å². The molecule has 2 N–H and O–H groups in total. The van der Waals surface area contributed by atoms with E-state index in [0.29, 0.717) is 36.0 Å². The lowest BCUT2D eigenvalue weighted by Crippen LogP contribution is -2.68. The van der Waals surface area contributed by atoms with Crippen LogP contribution in [0.15, 0.2) is 0 Å². The van der Waals surface area contributed by atoms with Gasteiger partial charge in [0.05, 0.1) is 11.7 Å². The van der Waals surface area contributed by atoms with Crippen LogP contribution in [0.2, 0.25) is 0 Å². The molecule has 0 spiro atoms. The number of aliphatic hydroxyl groups excluding tert-OH is 1. The highest BCUT2D eigenvalue weighted by molar-refractivity contribution is 5.81. The zero-order valence-corrected chi connectivity index (χ0v) is 22.0. The first-order valence-electron chi connectivity index (χ1n) is 14.4. The van der Waals surface area contributed by atoms with Gasteiger partial charge in [0.15, 0.2) is 0 Å². The average molecular weight is 459 g/mol. The van der Waals surface area contributed by atoms with Crippen molar-refractivity contribution in [3.05, 3.63) is 0 Å². The number of hydrogen-bond donors (Lipinski definition) is 2. The third-order valence-electron chi connectivity index (χ3n) is 12.2. The van der Waals surface area contributed by atoms with E-state index in [1.807, 2.05) is 0 Å². The van der Waals surface area contributed by atoms with Crippen LogP contribution in [0.25, 0.3) is 0 Å². The Labute approximate surface area is 202 Å². The van der Waals surface area contributed by atoms with Crippen molar-refractivity contribution in [2.45, 2.75) is 123 Å². The van der Waals surface area contributed by atoms with Crippen molar-refractivity contribution in [1.29, 1.82) is 0 Å². The van der Waals surface area contributed by atoms with Crippen LogP contribution in [0.1, 0.15) is 112 Å². The molecule has 0 aromatic carbocycles. The first-order valence-corrected chi connectivity index (χ1v) is 14.4. The lowest BCUT2D eigenvalue weighted by molar-refractivity contribution is -0.247. The topological polar surface area (TPSA) is 57.5 Å². The monoisotopic (exact) mass is 458 g/mol. The Morgan fingerprint density at radius 2 is 1.64 bits per heavy atom. The minimum atomic E-state index is -0.892. The average Bonchev–Trinajstić information content (AvgIpc) is 3.07. The van der Waals surface area contributed by atoms with Gasteiger partial charge in [-0.25, -0.2) is 0 Å². The number of Topliss-reactive ketones (excluding diaryl/α,β-unsaturated/α-hetero) is 1. The van der Waals surface area contributed by atoms with Crippen molar-refractivity contribution < 1.29 is 15.0 Å². The molecule has 5 saturated carbocycles. The maximum atomic E-state index is 12.7. The van der Waals surface area contributed by atoms with Gasteiger partial charge >= 0.3 is 0 Å². The summed E-state index contributed by atoms with van der Waals surface area (Å²) in [4.78, 5) is 12.7. The molecule has 0 unspecified atom stereocenters. The van der Waals surface area contributed by atoms with Gasteiger partial charge in [0.1, 0.15) is 5.78 Å². The summed E-state index contributed by atoms with van der Waals surface area (Å²) >= 11 is 0. The van der Waals surface area contributed by atoms with Gasteiger partial charge in [-0.05, 0) is 103 Å². The zero-order chi connectivity index (χ0) is 23.8. The molecule has 0 saturated heterocycles. The highest BCUT2D eigenvalue weighted by Crippen LogP contribution is 2.71. The summed E-state index contributed by atoms with van der Waals surface area (Å²) in [5.74, 6) is 4.54. The van der Waals surface area contributed by atoms with Gasteiger partial charge in [-0.1, -0.05) is 53.9 Å². The van der Waals surface area contributed by atoms with Gasteiger partial charge in [0.2, 0.25) is 0 Å². The fourth-order valence-corrected chi connectivity index (χ4v) is 11.0. The second-order valence-electron chi connectivity index (χ2n) is 14.4. The molecule has 5 fully saturated rings. The molecule has 0 heterocycles. The molecule has 0 bridgehead atoms. The summed E-state index contributed by atoms with van der Waals surface area (Å²) in [5, 5.41) is 22.9. The van der Waals surface area contributed by atoms with Crippen molar-refractivity contribution in [2.24, 2.45) is 58.2 Å². The van der Waals surface area contributed by atoms with E-state index < -0.39 is 11.7 Å². The fourth-order valence-electron chi connectivity index (χ4n) is 11.0.